The highest BCUT2D eigenvalue weighted by Gasteiger charge is 2.40. The second kappa shape index (κ2) is 8.93. The molecule has 0 bridgehead atoms. The van der Waals surface area contributed by atoms with Crippen molar-refractivity contribution in [3.8, 4) is 11.5 Å². The van der Waals surface area contributed by atoms with Gasteiger partial charge in [-0.2, -0.15) is 0 Å². The number of ether oxygens (including phenoxy) is 2. The molecule has 0 saturated carbocycles. The van der Waals surface area contributed by atoms with E-state index in [1.54, 1.807) is 49.6 Å². The fourth-order valence-corrected chi connectivity index (χ4v) is 3.51. The van der Waals surface area contributed by atoms with Crippen LogP contribution in [0.15, 0.2) is 78.5 Å². The molecule has 0 spiro atoms. The van der Waals surface area contributed by atoms with Crippen LogP contribution in [0, 0.1) is 5.82 Å². The lowest BCUT2D eigenvalue weighted by molar-refractivity contribution is -0.120. The SMILES string of the molecule is CCOc1ccccc1NC1=C(c2ccc(OC)cc2)C(=O)N(c2cccc(F)c2)C1=O. The van der Waals surface area contributed by atoms with Gasteiger partial charge < -0.3 is 14.8 Å². The number of amides is 2. The second-order valence-electron chi connectivity index (χ2n) is 6.96. The molecule has 2 amide bonds. The maximum absolute atomic E-state index is 13.9. The summed E-state index contributed by atoms with van der Waals surface area (Å²) in [6.45, 7) is 2.29. The zero-order valence-corrected chi connectivity index (χ0v) is 17.6. The van der Waals surface area contributed by atoms with E-state index < -0.39 is 17.6 Å². The van der Waals surface area contributed by atoms with Gasteiger partial charge in [0, 0.05) is 0 Å². The maximum Gasteiger partial charge on any atom is 0.282 e. The lowest BCUT2D eigenvalue weighted by Crippen LogP contribution is -2.32. The predicted octanol–water partition coefficient (Wildman–Crippen LogP) is 4.63. The Morgan fingerprint density at radius 2 is 1.69 bits per heavy atom. The number of hydrogen-bond acceptors (Lipinski definition) is 5. The molecule has 0 unspecified atom stereocenters. The number of carbonyl (C=O) groups excluding carboxylic acids is 2. The lowest BCUT2D eigenvalue weighted by atomic mass is 10.0. The predicted molar refractivity (Wildman–Crippen MR) is 120 cm³/mol. The molecular formula is C25H21FN2O4. The molecule has 0 saturated heterocycles. The standard InChI is InChI=1S/C25H21FN2O4/c1-3-32-21-10-5-4-9-20(21)27-23-22(16-11-13-19(31-2)14-12-16)24(29)28(25(23)30)18-8-6-7-17(26)15-18/h4-15,27H,3H2,1-2H3. The molecule has 1 N–H and O–H groups in total. The van der Waals surface area contributed by atoms with Gasteiger partial charge in [0.05, 0.1) is 30.7 Å². The van der Waals surface area contributed by atoms with Gasteiger partial charge in [-0.25, -0.2) is 9.29 Å². The van der Waals surface area contributed by atoms with Crippen LogP contribution in [0.4, 0.5) is 15.8 Å². The molecule has 1 aliphatic rings. The Bertz CT molecular complexity index is 1200. The molecule has 1 aliphatic heterocycles. The van der Waals surface area contributed by atoms with Gasteiger partial charge in [0.1, 0.15) is 23.0 Å². The molecule has 7 heteroatoms. The van der Waals surface area contributed by atoms with Crippen molar-refractivity contribution in [2.75, 3.05) is 23.9 Å². The van der Waals surface area contributed by atoms with Gasteiger partial charge in [-0.1, -0.05) is 30.3 Å². The van der Waals surface area contributed by atoms with Gasteiger partial charge in [-0.05, 0) is 55.0 Å². The first-order valence-electron chi connectivity index (χ1n) is 10.1. The van der Waals surface area contributed by atoms with Gasteiger partial charge in [-0.3, -0.25) is 9.59 Å². The number of hydrogen-bond donors (Lipinski definition) is 1. The number of nitrogens with zero attached hydrogens (tertiary/aromatic N) is 1. The monoisotopic (exact) mass is 432 g/mol. The lowest BCUT2D eigenvalue weighted by Gasteiger charge is -2.16. The molecule has 3 aromatic carbocycles. The smallest absolute Gasteiger partial charge is 0.282 e. The summed E-state index contributed by atoms with van der Waals surface area (Å²) < 4.78 is 24.7. The van der Waals surface area contributed by atoms with E-state index >= 15 is 0 Å². The number of para-hydroxylation sites is 2. The van der Waals surface area contributed by atoms with Crippen LogP contribution in [-0.2, 0) is 9.59 Å². The van der Waals surface area contributed by atoms with Gasteiger partial charge >= 0.3 is 0 Å². The first-order chi connectivity index (χ1) is 15.5. The summed E-state index contributed by atoms with van der Waals surface area (Å²) in [5.74, 6) is -0.526. The Balaban J connectivity index is 1.83. The van der Waals surface area contributed by atoms with E-state index in [-0.39, 0.29) is 17.0 Å². The molecular weight excluding hydrogens is 411 g/mol. The van der Waals surface area contributed by atoms with Crippen LogP contribution in [-0.4, -0.2) is 25.5 Å². The summed E-state index contributed by atoms with van der Waals surface area (Å²) in [5, 5.41) is 3.08. The van der Waals surface area contributed by atoms with Crippen LogP contribution in [0.1, 0.15) is 12.5 Å². The van der Waals surface area contributed by atoms with Gasteiger partial charge in [0.25, 0.3) is 11.8 Å². The van der Waals surface area contributed by atoms with Crippen molar-refractivity contribution in [2.45, 2.75) is 6.92 Å². The van der Waals surface area contributed by atoms with Crippen molar-refractivity contribution in [3.63, 3.8) is 0 Å². The molecule has 0 fully saturated rings. The highest BCUT2D eigenvalue weighted by Crippen LogP contribution is 2.36. The van der Waals surface area contributed by atoms with Crippen LogP contribution in [0.2, 0.25) is 0 Å². The van der Waals surface area contributed by atoms with Gasteiger partial charge in [0.15, 0.2) is 0 Å². The average Bonchev–Trinajstić information content (AvgIpc) is 3.04. The fraction of sp³-hybridized carbons (Fsp3) is 0.120. The first kappa shape index (κ1) is 21.1. The fourth-order valence-electron chi connectivity index (χ4n) is 3.51. The Morgan fingerprint density at radius 1 is 0.938 bits per heavy atom. The molecule has 0 atom stereocenters. The van der Waals surface area contributed by atoms with Crippen molar-refractivity contribution < 1.29 is 23.5 Å². The molecule has 6 nitrogen and oxygen atoms in total. The number of benzene rings is 3. The number of nitrogens with one attached hydrogen (secondary N) is 1. The highest BCUT2D eigenvalue weighted by molar-refractivity contribution is 6.46. The number of methoxy groups -OCH3 is 1. The first-order valence-corrected chi connectivity index (χ1v) is 10.1. The summed E-state index contributed by atoms with van der Waals surface area (Å²) in [7, 11) is 1.54. The van der Waals surface area contributed by atoms with E-state index in [1.807, 2.05) is 13.0 Å². The number of rotatable bonds is 7. The van der Waals surface area contributed by atoms with E-state index in [9.17, 15) is 14.0 Å². The third-order valence-corrected chi connectivity index (χ3v) is 4.98. The van der Waals surface area contributed by atoms with E-state index in [0.29, 0.717) is 29.4 Å². The van der Waals surface area contributed by atoms with Crippen LogP contribution in [0.3, 0.4) is 0 Å². The van der Waals surface area contributed by atoms with Gasteiger partial charge in [-0.15, -0.1) is 0 Å². The summed E-state index contributed by atoms with van der Waals surface area (Å²) in [6, 6.07) is 19.3. The van der Waals surface area contributed by atoms with E-state index in [2.05, 4.69) is 5.32 Å². The summed E-state index contributed by atoms with van der Waals surface area (Å²) in [6.07, 6.45) is 0. The number of carbonyl (C=O) groups is 2. The third-order valence-electron chi connectivity index (χ3n) is 4.98. The molecule has 0 aromatic heterocycles. The number of anilines is 2. The molecule has 0 radical (unpaired) electrons. The minimum Gasteiger partial charge on any atom is -0.497 e. The molecule has 1 heterocycles. The third kappa shape index (κ3) is 3.92. The van der Waals surface area contributed by atoms with Crippen molar-refractivity contribution in [1.82, 2.24) is 0 Å². The van der Waals surface area contributed by atoms with Crippen molar-refractivity contribution in [3.05, 3.63) is 89.9 Å². The van der Waals surface area contributed by atoms with Crippen molar-refractivity contribution >= 4 is 28.8 Å². The molecule has 162 valence electrons. The molecule has 3 aromatic rings. The number of imide groups is 1. The minimum atomic E-state index is -0.585. The van der Waals surface area contributed by atoms with Crippen molar-refractivity contribution in [1.29, 1.82) is 0 Å². The average molecular weight is 432 g/mol. The summed E-state index contributed by atoms with van der Waals surface area (Å²) in [4.78, 5) is 27.8. The molecule has 32 heavy (non-hydrogen) atoms. The Kier molecular flexibility index (Phi) is 5.89. The molecule has 0 aliphatic carbocycles. The highest BCUT2D eigenvalue weighted by atomic mass is 19.1. The zero-order chi connectivity index (χ0) is 22.7. The zero-order valence-electron chi connectivity index (χ0n) is 17.6. The summed E-state index contributed by atoms with van der Waals surface area (Å²) >= 11 is 0. The van der Waals surface area contributed by atoms with E-state index in [4.69, 9.17) is 9.47 Å². The minimum absolute atomic E-state index is 0.0802. The van der Waals surface area contributed by atoms with E-state index in [0.717, 1.165) is 11.0 Å². The maximum atomic E-state index is 13.9. The van der Waals surface area contributed by atoms with Gasteiger partial charge in [0.2, 0.25) is 0 Å². The normalized spacial score (nSPS) is 13.5. The van der Waals surface area contributed by atoms with Crippen LogP contribution in [0.5, 0.6) is 11.5 Å². The molecule has 4 rings (SSSR count). The second-order valence-corrected chi connectivity index (χ2v) is 6.96. The van der Waals surface area contributed by atoms with Crippen molar-refractivity contribution in [2.24, 2.45) is 0 Å². The quantitative estimate of drug-likeness (QED) is 0.552. The Labute approximate surface area is 184 Å². The van der Waals surface area contributed by atoms with Crippen LogP contribution in [0.25, 0.3) is 5.57 Å². The Hall–Kier alpha value is -4.13. The summed E-state index contributed by atoms with van der Waals surface area (Å²) in [5.41, 5.74) is 1.47. The van der Waals surface area contributed by atoms with E-state index in [1.165, 1.54) is 18.2 Å². The van der Waals surface area contributed by atoms with Crippen LogP contribution >= 0.6 is 0 Å². The number of halogens is 1. The topological polar surface area (TPSA) is 67.9 Å². The largest absolute Gasteiger partial charge is 0.497 e. The van der Waals surface area contributed by atoms with Crippen LogP contribution < -0.4 is 19.7 Å². The Morgan fingerprint density at radius 3 is 2.38 bits per heavy atom.